The molecule has 1 aliphatic heterocycles. The third-order valence-electron chi connectivity index (χ3n) is 3.36. The van der Waals surface area contributed by atoms with E-state index in [1.807, 2.05) is 6.08 Å². The maximum atomic E-state index is 6.06. The Morgan fingerprint density at radius 1 is 1.29 bits per heavy atom. The lowest BCUT2D eigenvalue weighted by Gasteiger charge is -2.34. The molecule has 17 heavy (non-hydrogen) atoms. The topological polar surface area (TPSA) is 32.5 Å². The second-order valence-corrected chi connectivity index (χ2v) is 4.67. The van der Waals surface area contributed by atoms with Crippen molar-refractivity contribution in [3.05, 3.63) is 36.4 Å². The minimum absolute atomic E-state index is 0.842. The molecule has 0 bridgehead atoms. The summed E-state index contributed by atoms with van der Waals surface area (Å²) in [4.78, 5) is 4.75. The molecule has 0 aliphatic carbocycles. The molecule has 0 unspecified atom stereocenters. The Morgan fingerprint density at radius 3 is 2.59 bits per heavy atom. The molecule has 1 aliphatic rings. The van der Waals surface area contributed by atoms with Crippen LogP contribution in [-0.4, -0.2) is 38.1 Å². The molecule has 0 atom stereocenters. The average Bonchev–Trinajstić information content (AvgIpc) is 2.33. The Labute approximate surface area is 104 Å². The van der Waals surface area contributed by atoms with Gasteiger partial charge >= 0.3 is 0 Å². The minimum Gasteiger partial charge on any atom is -0.398 e. The SMILES string of the molecule is C=CCc1ccc(N2CCN(C)CC2)cc1N. The fourth-order valence-corrected chi connectivity index (χ4v) is 2.19. The van der Waals surface area contributed by atoms with Gasteiger partial charge < -0.3 is 15.5 Å². The quantitative estimate of drug-likeness (QED) is 0.635. The summed E-state index contributed by atoms with van der Waals surface area (Å²) < 4.78 is 0. The molecule has 0 spiro atoms. The number of hydrogen-bond donors (Lipinski definition) is 1. The van der Waals surface area contributed by atoms with Crippen molar-refractivity contribution in [1.82, 2.24) is 4.90 Å². The molecular weight excluding hydrogens is 210 g/mol. The normalized spacial score (nSPS) is 17.1. The summed E-state index contributed by atoms with van der Waals surface area (Å²) >= 11 is 0. The molecular formula is C14H21N3. The molecule has 92 valence electrons. The van der Waals surface area contributed by atoms with E-state index in [0.29, 0.717) is 0 Å². The summed E-state index contributed by atoms with van der Waals surface area (Å²) in [5, 5.41) is 0. The summed E-state index contributed by atoms with van der Waals surface area (Å²) in [6, 6.07) is 6.37. The number of rotatable bonds is 3. The largest absolute Gasteiger partial charge is 0.398 e. The van der Waals surface area contributed by atoms with Crippen molar-refractivity contribution in [3.63, 3.8) is 0 Å². The smallest absolute Gasteiger partial charge is 0.0387 e. The van der Waals surface area contributed by atoms with Crippen LogP contribution in [0.2, 0.25) is 0 Å². The Morgan fingerprint density at radius 2 is 2.00 bits per heavy atom. The van der Waals surface area contributed by atoms with Crippen molar-refractivity contribution in [3.8, 4) is 0 Å². The van der Waals surface area contributed by atoms with Crippen LogP contribution in [0, 0.1) is 0 Å². The molecule has 1 heterocycles. The first-order chi connectivity index (χ1) is 8.20. The maximum Gasteiger partial charge on any atom is 0.0387 e. The molecule has 0 aromatic heterocycles. The first-order valence-electron chi connectivity index (χ1n) is 6.13. The molecule has 1 saturated heterocycles. The van der Waals surface area contributed by atoms with Gasteiger partial charge in [0.2, 0.25) is 0 Å². The van der Waals surface area contributed by atoms with Crippen molar-refractivity contribution in [2.45, 2.75) is 6.42 Å². The summed E-state index contributed by atoms with van der Waals surface area (Å²) in [5.41, 5.74) is 9.34. The molecule has 1 aromatic rings. The molecule has 2 N–H and O–H groups in total. The van der Waals surface area contributed by atoms with Crippen LogP contribution in [0.5, 0.6) is 0 Å². The maximum absolute atomic E-state index is 6.06. The molecule has 0 saturated carbocycles. The Kier molecular flexibility index (Phi) is 3.69. The highest BCUT2D eigenvalue weighted by atomic mass is 15.2. The highest BCUT2D eigenvalue weighted by molar-refractivity contribution is 5.60. The second kappa shape index (κ2) is 5.23. The van der Waals surface area contributed by atoms with Crippen LogP contribution in [0.4, 0.5) is 11.4 Å². The Hall–Kier alpha value is -1.48. The van der Waals surface area contributed by atoms with E-state index in [0.717, 1.165) is 43.9 Å². The van der Waals surface area contributed by atoms with Crippen LogP contribution in [0.3, 0.4) is 0 Å². The van der Waals surface area contributed by atoms with Gasteiger partial charge in [0.05, 0.1) is 0 Å². The van der Waals surface area contributed by atoms with E-state index < -0.39 is 0 Å². The van der Waals surface area contributed by atoms with Crippen LogP contribution in [-0.2, 0) is 6.42 Å². The van der Waals surface area contributed by atoms with Crippen molar-refractivity contribution < 1.29 is 0 Å². The molecule has 3 nitrogen and oxygen atoms in total. The van der Waals surface area contributed by atoms with E-state index in [1.165, 1.54) is 5.69 Å². The first kappa shape index (κ1) is 12.0. The van der Waals surface area contributed by atoms with Crippen LogP contribution < -0.4 is 10.6 Å². The van der Waals surface area contributed by atoms with Crippen LogP contribution >= 0.6 is 0 Å². The molecule has 1 aromatic carbocycles. The third kappa shape index (κ3) is 2.80. The number of likely N-dealkylation sites (N-methyl/N-ethyl adjacent to an activating group) is 1. The number of piperazine rings is 1. The molecule has 0 radical (unpaired) electrons. The standard InChI is InChI=1S/C14H21N3/c1-3-4-12-5-6-13(11-14(12)15)17-9-7-16(2)8-10-17/h3,5-6,11H,1,4,7-10,15H2,2H3. The van der Waals surface area contributed by atoms with Crippen molar-refractivity contribution in [2.24, 2.45) is 0 Å². The van der Waals surface area contributed by atoms with Crippen molar-refractivity contribution in [1.29, 1.82) is 0 Å². The number of benzene rings is 1. The van der Waals surface area contributed by atoms with Gasteiger partial charge in [0.15, 0.2) is 0 Å². The third-order valence-corrected chi connectivity index (χ3v) is 3.36. The van der Waals surface area contributed by atoms with E-state index in [4.69, 9.17) is 5.73 Å². The summed E-state index contributed by atoms with van der Waals surface area (Å²) in [7, 11) is 2.17. The first-order valence-corrected chi connectivity index (χ1v) is 6.13. The van der Waals surface area contributed by atoms with E-state index in [2.05, 4.69) is 41.6 Å². The summed E-state index contributed by atoms with van der Waals surface area (Å²) in [6.45, 7) is 8.15. The number of nitrogen functional groups attached to an aromatic ring is 1. The van der Waals surface area contributed by atoms with Gasteiger partial charge in [0, 0.05) is 37.6 Å². The van der Waals surface area contributed by atoms with Gasteiger partial charge in [-0.1, -0.05) is 12.1 Å². The Bertz CT molecular complexity index is 392. The number of nitrogens with zero attached hydrogens (tertiary/aromatic N) is 2. The summed E-state index contributed by atoms with van der Waals surface area (Å²) in [6.07, 6.45) is 2.73. The number of nitrogens with two attached hydrogens (primary N) is 1. The van der Waals surface area contributed by atoms with Gasteiger partial charge in [0.1, 0.15) is 0 Å². The zero-order chi connectivity index (χ0) is 12.3. The number of allylic oxidation sites excluding steroid dienone is 1. The van der Waals surface area contributed by atoms with Gasteiger partial charge in [-0.25, -0.2) is 0 Å². The predicted octanol–water partition coefficient (Wildman–Crippen LogP) is 1.75. The summed E-state index contributed by atoms with van der Waals surface area (Å²) in [5.74, 6) is 0. The fraction of sp³-hybridized carbons (Fsp3) is 0.429. The zero-order valence-corrected chi connectivity index (χ0v) is 10.5. The van der Waals surface area contributed by atoms with Crippen molar-refractivity contribution in [2.75, 3.05) is 43.9 Å². The molecule has 2 rings (SSSR count). The average molecular weight is 231 g/mol. The van der Waals surface area contributed by atoms with Crippen molar-refractivity contribution >= 4 is 11.4 Å². The second-order valence-electron chi connectivity index (χ2n) is 4.67. The Balaban J connectivity index is 2.11. The van der Waals surface area contributed by atoms with Gasteiger partial charge in [0.25, 0.3) is 0 Å². The molecule has 0 amide bonds. The minimum atomic E-state index is 0.842. The monoisotopic (exact) mass is 231 g/mol. The van der Waals surface area contributed by atoms with E-state index in [-0.39, 0.29) is 0 Å². The highest BCUT2D eigenvalue weighted by Gasteiger charge is 2.14. The molecule has 1 fully saturated rings. The van der Waals surface area contributed by atoms with Gasteiger partial charge in [-0.05, 0) is 31.2 Å². The number of anilines is 2. The van der Waals surface area contributed by atoms with E-state index in [1.54, 1.807) is 0 Å². The highest BCUT2D eigenvalue weighted by Crippen LogP contribution is 2.23. The number of hydrogen-bond acceptors (Lipinski definition) is 3. The van der Waals surface area contributed by atoms with Crippen LogP contribution in [0.1, 0.15) is 5.56 Å². The lowest BCUT2D eigenvalue weighted by molar-refractivity contribution is 0.313. The van der Waals surface area contributed by atoms with E-state index >= 15 is 0 Å². The lowest BCUT2D eigenvalue weighted by Crippen LogP contribution is -2.44. The van der Waals surface area contributed by atoms with E-state index in [9.17, 15) is 0 Å². The molecule has 3 heteroatoms. The lowest BCUT2D eigenvalue weighted by atomic mass is 10.1. The van der Waals surface area contributed by atoms with Crippen LogP contribution in [0.15, 0.2) is 30.9 Å². The van der Waals surface area contributed by atoms with Gasteiger partial charge in [-0.2, -0.15) is 0 Å². The predicted molar refractivity (Wildman–Crippen MR) is 74.5 cm³/mol. The fourth-order valence-electron chi connectivity index (χ4n) is 2.19. The van der Waals surface area contributed by atoms with Crippen LogP contribution in [0.25, 0.3) is 0 Å². The van der Waals surface area contributed by atoms with Gasteiger partial charge in [-0.15, -0.1) is 6.58 Å². The zero-order valence-electron chi connectivity index (χ0n) is 10.5. The van der Waals surface area contributed by atoms with Gasteiger partial charge in [-0.3, -0.25) is 0 Å².